The van der Waals surface area contributed by atoms with Gasteiger partial charge in [0.1, 0.15) is 12.4 Å². The quantitative estimate of drug-likeness (QED) is 0.332. The molecular weight excluding hydrogens is 378 g/mol. The first-order valence-corrected chi connectivity index (χ1v) is 8.95. The molecule has 0 bridgehead atoms. The summed E-state index contributed by atoms with van der Waals surface area (Å²) in [5.41, 5.74) is 5.74. The van der Waals surface area contributed by atoms with Crippen molar-refractivity contribution < 1.29 is 9.66 Å². The Morgan fingerprint density at radius 3 is 2.61 bits per heavy atom. The number of rotatable bonds is 8. The van der Waals surface area contributed by atoms with Gasteiger partial charge in [-0.2, -0.15) is 5.10 Å². The number of nitrogens with one attached hydrogen (secondary N) is 1. The standard InChI is InChI=1S/C21H18ClN3O3/c22-21-7-2-1-5-18(21)14-24-23-13-17-4-3-6-20(12-17)28-15-16-8-10-19(11-9-16)25(26)27/h1-13,24H,14-15H2/b23-13-. The van der Waals surface area contributed by atoms with Crippen molar-refractivity contribution in [1.29, 1.82) is 0 Å². The maximum Gasteiger partial charge on any atom is 0.269 e. The van der Waals surface area contributed by atoms with Crippen LogP contribution in [-0.4, -0.2) is 11.1 Å². The van der Waals surface area contributed by atoms with Crippen LogP contribution in [-0.2, 0) is 13.2 Å². The number of nitro groups is 1. The summed E-state index contributed by atoms with van der Waals surface area (Å²) in [6, 6.07) is 21.4. The van der Waals surface area contributed by atoms with E-state index in [1.807, 2.05) is 48.5 Å². The van der Waals surface area contributed by atoms with Crippen molar-refractivity contribution in [3.63, 3.8) is 0 Å². The summed E-state index contributed by atoms with van der Waals surface area (Å²) in [6.07, 6.45) is 1.70. The Morgan fingerprint density at radius 2 is 1.86 bits per heavy atom. The van der Waals surface area contributed by atoms with Crippen LogP contribution in [0.3, 0.4) is 0 Å². The minimum atomic E-state index is -0.423. The van der Waals surface area contributed by atoms with Gasteiger partial charge in [-0.15, -0.1) is 0 Å². The third kappa shape index (κ3) is 5.56. The molecule has 0 unspecified atom stereocenters. The van der Waals surface area contributed by atoms with E-state index in [1.54, 1.807) is 18.3 Å². The van der Waals surface area contributed by atoms with E-state index in [0.29, 0.717) is 23.9 Å². The molecule has 0 aliphatic rings. The van der Waals surface area contributed by atoms with Gasteiger partial charge in [-0.05, 0) is 47.0 Å². The number of halogens is 1. The topological polar surface area (TPSA) is 76.8 Å². The zero-order valence-electron chi connectivity index (χ0n) is 14.9. The number of ether oxygens (including phenoxy) is 1. The number of nitro benzene ring substituents is 1. The van der Waals surface area contributed by atoms with Crippen LogP contribution in [0.2, 0.25) is 5.02 Å². The highest BCUT2D eigenvalue weighted by atomic mass is 35.5. The van der Waals surface area contributed by atoms with Crippen LogP contribution >= 0.6 is 11.6 Å². The van der Waals surface area contributed by atoms with Crippen molar-refractivity contribution in [2.75, 3.05) is 0 Å². The molecule has 0 aromatic heterocycles. The molecule has 3 rings (SSSR count). The molecule has 6 nitrogen and oxygen atoms in total. The predicted molar refractivity (Wildman–Crippen MR) is 110 cm³/mol. The van der Waals surface area contributed by atoms with Gasteiger partial charge in [0.2, 0.25) is 0 Å². The first kappa shape index (κ1) is 19.4. The van der Waals surface area contributed by atoms with Gasteiger partial charge in [0, 0.05) is 17.2 Å². The highest BCUT2D eigenvalue weighted by molar-refractivity contribution is 6.31. The maximum atomic E-state index is 10.7. The Morgan fingerprint density at radius 1 is 1.07 bits per heavy atom. The summed E-state index contributed by atoms with van der Waals surface area (Å²) >= 11 is 6.11. The van der Waals surface area contributed by atoms with E-state index in [-0.39, 0.29) is 5.69 Å². The Labute approximate surface area is 167 Å². The lowest BCUT2D eigenvalue weighted by Crippen LogP contribution is -2.06. The molecule has 0 atom stereocenters. The third-order valence-electron chi connectivity index (χ3n) is 3.94. The number of hydrogen-bond donors (Lipinski definition) is 1. The van der Waals surface area contributed by atoms with Crippen LogP contribution in [0.25, 0.3) is 0 Å². The van der Waals surface area contributed by atoms with Crippen LogP contribution in [0.15, 0.2) is 77.9 Å². The van der Waals surface area contributed by atoms with E-state index >= 15 is 0 Å². The van der Waals surface area contributed by atoms with Crippen molar-refractivity contribution in [2.24, 2.45) is 5.10 Å². The van der Waals surface area contributed by atoms with Gasteiger partial charge in [0.25, 0.3) is 5.69 Å². The average Bonchev–Trinajstić information content (AvgIpc) is 2.71. The van der Waals surface area contributed by atoms with E-state index in [2.05, 4.69) is 10.5 Å². The second kappa shape index (κ2) is 9.53. The molecule has 3 aromatic carbocycles. The lowest BCUT2D eigenvalue weighted by Gasteiger charge is -2.07. The smallest absolute Gasteiger partial charge is 0.269 e. The molecule has 0 fully saturated rings. The molecule has 0 saturated heterocycles. The minimum absolute atomic E-state index is 0.0613. The Kier molecular flexibility index (Phi) is 6.59. The van der Waals surface area contributed by atoms with Gasteiger partial charge in [-0.3, -0.25) is 10.1 Å². The second-order valence-corrected chi connectivity index (χ2v) is 6.38. The number of non-ortho nitro benzene ring substituents is 1. The van der Waals surface area contributed by atoms with Crippen LogP contribution in [0, 0.1) is 10.1 Å². The minimum Gasteiger partial charge on any atom is -0.489 e. The molecule has 0 amide bonds. The number of hydrazone groups is 1. The highest BCUT2D eigenvalue weighted by Gasteiger charge is 2.04. The van der Waals surface area contributed by atoms with Gasteiger partial charge < -0.3 is 10.2 Å². The van der Waals surface area contributed by atoms with Crippen molar-refractivity contribution in [1.82, 2.24) is 5.43 Å². The van der Waals surface area contributed by atoms with E-state index in [4.69, 9.17) is 16.3 Å². The summed E-state index contributed by atoms with van der Waals surface area (Å²) in [6.45, 7) is 0.857. The van der Waals surface area contributed by atoms with E-state index in [9.17, 15) is 10.1 Å². The SMILES string of the molecule is O=[N+]([O-])c1ccc(COc2cccc(/C=N\NCc3ccccc3Cl)c2)cc1. The molecule has 142 valence electrons. The normalized spacial score (nSPS) is 10.8. The van der Waals surface area contributed by atoms with Crippen LogP contribution in [0.5, 0.6) is 5.75 Å². The van der Waals surface area contributed by atoms with Gasteiger partial charge in [0.15, 0.2) is 0 Å². The molecule has 0 aliphatic carbocycles. The third-order valence-corrected chi connectivity index (χ3v) is 4.31. The first-order valence-electron chi connectivity index (χ1n) is 8.57. The molecule has 0 radical (unpaired) electrons. The molecule has 3 aromatic rings. The molecule has 0 aliphatic heterocycles. The van der Waals surface area contributed by atoms with Crippen molar-refractivity contribution in [3.05, 3.63) is 105 Å². The molecule has 7 heteroatoms. The summed E-state index contributed by atoms with van der Waals surface area (Å²) in [5.74, 6) is 0.688. The van der Waals surface area contributed by atoms with Crippen LogP contribution < -0.4 is 10.2 Å². The van der Waals surface area contributed by atoms with Gasteiger partial charge in [-0.1, -0.05) is 41.9 Å². The lowest BCUT2D eigenvalue weighted by molar-refractivity contribution is -0.384. The van der Waals surface area contributed by atoms with Crippen LogP contribution in [0.4, 0.5) is 5.69 Å². The van der Waals surface area contributed by atoms with Crippen molar-refractivity contribution in [2.45, 2.75) is 13.2 Å². The summed E-state index contributed by atoms with van der Waals surface area (Å²) < 4.78 is 5.76. The Bertz CT molecular complexity index is 975. The van der Waals surface area contributed by atoms with Crippen molar-refractivity contribution >= 4 is 23.5 Å². The average molecular weight is 396 g/mol. The predicted octanol–water partition coefficient (Wildman–Crippen LogP) is 4.95. The monoisotopic (exact) mass is 395 g/mol. The molecular formula is C21H18ClN3O3. The first-order chi connectivity index (χ1) is 13.6. The lowest BCUT2D eigenvalue weighted by atomic mass is 10.2. The fourth-order valence-corrected chi connectivity index (χ4v) is 2.66. The second-order valence-electron chi connectivity index (χ2n) is 5.97. The van der Waals surface area contributed by atoms with E-state index in [1.165, 1.54) is 12.1 Å². The maximum absolute atomic E-state index is 10.7. The summed E-state index contributed by atoms with van der Waals surface area (Å²) in [4.78, 5) is 10.3. The van der Waals surface area contributed by atoms with Gasteiger partial charge in [-0.25, -0.2) is 0 Å². The molecule has 0 spiro atoms. The summed E-state index contributed by atoms with van der Waals surface area (Å²) in [5, 5.41) is 15.6. The van der Waals surface area contributed by atoms with E-state index in [0.717, 1.165) is 16.7 Å². The van der Waals surface area contributed by atoms with Crippen molar-refractivity contribution in [3.8, 4) is 5.75 Å². The Balaban J connectivity index is 1.53. The molecule has 0 saturated carbocycles. The highest BCUT2D eigenvalue weighted by Crippen LogP contribution is 2.17. The molecule has 0 heterocycles. The molecule has 28 heavy (non-hydrogen) atoms. The van der Waals surface area contributed by atoms with E-state index < -0.39 is 4.92 Å². The Hall–Kier alpha value is -3.38. The fraction of sp³-hybridized carbons (Fsp3) is 0.0952. The fourth-order valence-electron chi connectivity index (χ4n) is 2.46. The van der Waals surface area contributed by atoms with Gasteiger partial charge in [0.05, 0.1) is 17.7 Å². The number of benzene rings is 3. The van der Waals surface area contributed by atoms with Crippen LogP contribution in [0.1, 0.15) is 16.7 Å². The number of hydrogen-bond acceptors (Lipinski definition) is 5. The molecule has 1 N–H and O–H groups in total. The zero-order chi connectivity index (χ0) is 19.8. The van der Waals surface area contributed by atoms with Gasteiger partial charge >= 0.3 is 0 Å². The number of nitrogens with zero attached hydrogens (tertiary/aromatic N) is 2. The zero-order valence-corrected chi connectivity index (χ0v) is 15.7. The summed E-state index contributed by atoms with van der Waals surface area (Å²) in [7, 11) is 0. The largest absolute Gasteiger partial charge is 0.489 e.